The van der Waals surface area contributed by atoms with Crippen LogP contribution in [0.3, 0.4) is 0 Å². The fourth-order valence-corrected chi connectivity index (χ4v) is 6.73. The quantitative estimate of drug-likeness (QED) is 0.213. The van der Waals surface area contributed by atoms with Gasteiger partial charge < -0.3 is 18.9 Å². The fraction of sp³-hybridized carbons (Fsp3) is 0.294. The van der Waals surface area contributed by atoms with E-state index < -0.39 is 0 Å². The zero-order valence-corrected chi connectivity index (χ0v) is 22.7. The van der Waals surface area contributed by atoms with Crippen LogP contribution in [-0.2, 0) is 38.8 Å². The van der Waals surface area contributed by atoms with Crippen LogP contribution in [-0.4, -0.2) is 30.7 Å². The van der Waals surface area contributed by atoms with E-state index in [2.05, 4.69) is 72.8 Å². The highest BCUT2D eigenvalue weighted by Gasteiger charge is 2.49. The minimum absolute atomic E-state index is 0.0647. The van der Waals surface area contributed by atoms with Crippen molar-refractivity contribution in [2.45, 2.75) is 49.1 Å². The number of fused-ring (bicyclic) bond motifs is 3. The molecule has 5 atom stereocenters. The van der Waals surface area contributed by atoms with Crippen LogP contribution in [0.1, 0.15) is 28.4 Å². The highest BCUT2D eigenvalue weighted by Crippen LogP contribution is 2.48. The molecule has 200 valence electrons. The second kappa shape index (κ2) is 12.9. The van der Waals surface area contributed by atoms with E-state index in [9.17, 15) is 0 Å². The second-order valence-corrected chi connectivity index (χ2v) is 11.2. The number of hydrogen-bond acceptors (Lipinski definition) is 5. The summed E-state index contributed by atoms with van der Waals surface area (Å²) in [6, 6.07) is 39.6. The van der Waals surface area contributed by atoms with Gasteiger partial charge in [0.1, 0.15) is 12.2 Å². The summed E-state index contributed by atoms with van der Waals surface area (Å²) in [4.78, 5) is 1.29. The van der Waals surface area contributed by atoms with Crippen LogP contribution in [0.15, 0.2) is 120 Å². The highest BCUT2D eigenvalue weighted by molar-refractivity contribution is 7.99. The van der Waals surface area contributed by atoms with E-state index in [4.69, 9.17) is 18.9 Å². The molecule has 0 bridgehead atoms. The van der Waals surface area contributed by atoms with E-state index in [-0.39, 0.29) is 30.3 Å². The zero-order valence-electron chi connectivity index (χ0n) is 21.9. The second-order valence-electron chi connectivity index (χ2n) is 10.1. The number of rotatable bonds is 10. The van der Waals surface area contributed by atoms with Gasteiger partial charge >= 0.3 is 0 Å². The molecule has 39 heavy (non-hydrogen) atoms. The predicted octanol–water partition coefficient (Wildman–Crippen LogP) is 7.24. The topological polar surface area (TPSA) is 36.9 Å². The Morgan fingerprint density at radius 2 is 1.15 bits per heavy atom. The molecule has 2 aliphatic heterocycles. The monoisotopic (exact) mass is 538 g/mol. The molecule has 4 aromatic carbocycles. The molecule has 6 rings (SSSR count). The molecule has 0 unspecified atom stereocenters. The average Bonchev–Trinajstić information content (AvgIpc) is 3.00. The lowest BCUT2D eigenvalue weighted by Crippen LogP contribution is -2.56. The van der Waals surface area contributed by atoms with Crippen molar-refractivity contribution in [2.75, 3.05) is 12.4 Å². The Bertz CT molecular complexity index is 1300. The van der Waals surface area contributed by atoms with Crippen LogP contribution < -0.4 is 0 Å². The number of benzene rings is 4. The molecule has 0 N–H and O–H groups in total. The van der Waals surface area contributed by atoms with Gasteiger partial charge in [0.05, 0.1) is 38.6 Å². The van der Waals surface area contributed by atoms with Crippen molar-refractivity contribution in [2.24, 2.45) is 5.92 Å². The predicted molar refractivity (Wildman–Crippen MR) is 154 cm³/mol. The summed E-state index contributed by atoms with van der Waals surface area (Å²) in [6.07, 6.45) is -0.739. The van der Waals surface area contributed by atoms with Crippen molar-refractivity contribution in [3.63, 3.8) is 0 Å². The molecule has 5 heteroatoms. The van der Waals surface area contributed by atoms with Crippen molar-refractivity contribution in [1.82, 2.24) is 0 Å². The first kappa shape index (κ1) is 26.3. The molecule has 0 saturated carbocycles. The number of hydrogen-bond donors (Lipinski definition) is 0. The Labute approximate surface area is 235 Å². The summed E-state index contributed by atoms with van der Waals surface area (Å²) in [5, 5.41) is 0. The van der Waals surface area contributed by atoms with Crippen LogP contribution in [0.4, 0.5) is 0 Å². The van der Waals surface area contributed by atoms with Gasteiger partial charge in [0, 0.05) is 16.6 Å². The molecule has 2 heterocycles. The van der Waals surface area contributed by atoms with Gasteiger partial charge in [-0.1, -0.05) is 109 Å². The first-order chi connectivity index (χ1) is 19.3. The molecule has 1 fully saturated rings. The maximum Gasteiger partial charge on any atom is 0.113 e. The first-order valence-electron chi connectivity index (χ1n) is 13.6. The maximum absolute atomic E-state index is 6.89. The molecular weight excluding hydrogens is 504 g/mol. The van der Waals surface area contributed by atoms with Crippen molar-refractivity contribution < 1.29 is 18.9 Å². The van der Waals surface area contributed by atoms with E-state index >= 15 is 0 Å². The highest BCUT2D eigenvalue weighted by atomic mass is 32.2. The summed E-state index contributed by atoms with van der Waals surface area (Å²) in [5.74, 6) is 1.09. The minimum Gasteiger partial charge on any atom is -0.374 e. The normalized spacial score (nSPS) is 24.1. The van der Waals surface area contributed by atoms with Gasteiger partial charge in [0.2, 0.25) is 0 Å². The Morgan fingerprint density at radius 3 is 1.79 bits per heavy atom. The smallest absolute Gasteiger partial charge is 0.113 e. The summed E-state index contributed by atoms with van der Waals surface area (Å²) >= 11 is 1.89. The van der Waals surface area contributed by atoms with E-state index in [1.165, 1.54) is 10.5 Å². The summed E-state index contributed by atoms with van der Waals surface area (Å²) in [5.41, 5.74) is 4.67. The van der Waals surface area contributed by atoms with Gasteiger partial charge in [0.15, 0.2) is 0 Å². The van der Waals surface area contributed by atoms with Crippen molar-refractivity contribution >= 4 is 11.8 Å². The van der Waals surface area contributed by atoms with Crippen LogP contribution in [0, 0.1) is 5.92 Å². The molecule has 0 spiro atoms. The molecule has 2 aliphatic rings. The van der Waals surface area contributed by atoms with E-state index in [1.54, 1.807) is 0 Å². The summed E-state index contributed by atoms with van der Waals surface area (Å²) in [6.45, 7) is 1.99. The van der Waals surface area contributed by atoms with Crippen molar-refractivity contribution in [3.05, 3.63) is 138 Å². The molecule has 0 amide bonds. The molecular formula is C34H34O4S. The van der Waals surface area contributed by atoms with E-state index in [1.807, 2.05) is 54.2 Å². The Hall–Kier alpha value is -2.93. The molecule has 0 radical (unpaired) electrons. The first-order valence-corrected chi connectivity index (χ1v) is 14.6. The Balaban J connectivity index is 1.28. The summed E-state index contributed by atoms with van der Waals surface area (Å²) in [7, 11) is 0. The minimum atomic E-state index is -0.268. The van der Waals surface area contributed by atoms with Crippen molar-refractivity contribution in [1.29, 1.82) is 0 Å². The fourth-order valence-electron chi connectivity index (χ4n) is 5.47. The number of ether oxygens (including phenoxy) is 4. The summed E-state index contributed by atoms with van der Waals surface area (Å²) < 4.78 is 26.6. The lowest BCUT2D eigenvalue weighted by molar-refractivity contribution is -0.244. The number of thioether (sulfide) groups is 1. The molecule has 4 aromatic rings. The molecule has 0 aliphatic carbocycles. The largest absolute Gasteiger partial charge is 0.374 e. The third-order valence-electron chi connectivity index (χ3n) is 7.44. The van der Waals surface area contributed by atoms with Gasteiger partial charge in [0.25, 0.3) is 0 Å². The third-order valence-corrected chi connectivity index (χ3v) is 8.68. The van der Waals surface area contributed by atoms with Crippen LogP contribution >= 0.6 is 11.8 Å². The lowest BCUT2D eigenvalue weighted by atomic mass is 9.84. The maximum atomic E-state index is 6.89. The standard InChI is InChI=1S/C34H34O4S/c1-4-12-25(13-5-1)20-35-23-30-34(37-22-27-16-8-3-9-17-27)33(36-21-26-14-6-2-7-15-26)29-24-39-31-19-11-10-18-28(31)32(29)38-30/h1-19,29-30,32-34H,20-24H2/t29-,30-,32+,33-,34-/m1/s1. The zero-order chi connectivity index (χ0) is 26.3. The Kier molecular flexibility index (Phi) is 8.73. The van der Waals surface area contributed by atoms with Crippen LogP contribution in [0.2, 0.25) is 0 Å². The SMILES string of the molecule is c1ccc(COC[C@H]2O[C@H]3c4ccccc4SC[C@H]3[C@@H](OCc3ccccc3)[C@@H]2OCc2ccccc2)cc1. The van der Waals surface area contributed by atoms with Gasteiger partial charge in [-0.3, -0.25) is 0 Å². The van der Waals surface area contributed by atoms with Gasteiger partial charge in [-0.15, -0.1) is 11.8 Å². The van der Waals surface area contributed by atoms with E-state index in [0.29, 0.717) is 26.4 Å². The molecule has 1 saturated heterocycles. The molecule has 4 nitrogen and oxygen atoms in total. The van der Waals surface area contributed by atoms with Gasteiger partial charge in [-0.05, 0) is 28.3 Å². The van der Waals surface area contributed by atoms with Crippen molar-refractivity contribution in [3.8, 4) is 0 Å². The van der Waals surface area contributed by atoms with E-state index in [0.717, 1.165) is 22.4 Å². The van der Waals surface area contributed by atoms with Gasteiger partial charge in [-0.2, -0.15) is 0 Å². The van der Waals surface area contributed by atoms with Crippen LogP contribution in [0.5, 0.6) is 0 Å². The third kappa shape index (κ3) is 6.46. The van der Waals surface area contributed by atoms with Crippen LogP contribution in [0.25, 0.3) is 0 Å². The molecule has 0 aromatic heterocycles. The average molecular weight is 539 g/mol. The Morgan fingerprint density at radius 1 is 0.615 bits per heavy atom. The lowest BCUT2D eigenvalue weighted by Gasteiger charge is -2.48. The van der Waals surface area contributed by atoms with Gasteiger partial charge in [-0.25, -0.2) is 0 Å².